The molecule has 0 aliphatic rings. The van der Waals surface area contributed by atoms with Crippen molar-refractivity contribution in [3.8, 4) is 5.69 Å². The van der Waals surface area contributed by atoms with E-state index in [1.165, 1.54) is 12.1 Å². The third-order valence-electron chi connectivity index (χ3n) is 3.59. The number of halogens is 2. The van der Waals surface area contributed by atoms with Gasteiger partial charge >= 0.3 is 0 Å². The molecule has 0 aliphatic heterocycles. The predicted octanol–water partition coefficient (Wildman–Crippen LogP) is 2.76. The van der Waals surface area contributed by atoms with Crippen LogP contribution >= 0.6 is 24.0 Å². The molecule has 144 valence electrons. The van der Waals surface area contributed by atoms with Gasteiger partial charge in [0.1, 0.15) is 5.82 Å². The van der Waals surface area contributed by atoms with Crippen LogP contribution in [0.4, 0.5) is 4.39 Å². The number of ether oxygens (including phenoxy) is 1. The molecule has 2 N–H and O–H groups in total. The van der Waals surface area contributed by atoms with Crippen molar-refractivity contribution in [3.63, 3.8) is 0 Å². The Balaban J connectivity index is 0.00000338. The van der Waals surface area contributed by atoms with Gasteiger partial charge in [-0.25, -0.2) is 9.07 Å². The summed E-state index contributed by atoms with van der Waals surface area (Å²) in [7, 11) is 1.75. The number of guanidine groups is 1. The summed E-state index contributed by atoms with van der Waals surface area (Å²) in [6.45, 7) is 5.04. The van der Waals surface area contributed by atoms with Crippen molar-refractivity contribution < 1.29 is 9.13 Å². The van der Waals surface area contributed by atoms with Crippen molar-refractivity contribution in [2.24, 2.45) is 4.99 Å². The largest absolute Gasteiger partial charge is 0.382 e. The van der Waals surface area contributed by atoms with Gasteiger partial charge in [-0.3, -0.25) is 4.99 Å². The van der Waals surface area contributed by atoms with Crippen LogP contribution in [0.15, 0.2) is 41.5 Å². The molecule has 0 bridgehead atoms. The predicted molar refractivity (Wildman–Crippen MR) is 113 cm³/mol. The first-order valence-electron chi connectivity index (χ1n) is 8.55. The van der Waals surface area contributed by atoms with Gasteiger partial charge in [-0.1, -0.05) is 0 Å². The molecule has 1 aromatic heterocycles. The van der Waals surface area contributed by atoms with Gasteiger partial charge < -0.3 is 15.4 Å². The molecule has 0 fully saturated rings. The highest BCUT2D eigenvalue weighted by Gasteiger charge is 2.03. The lowest BCUT2D eigenvalue weighted by molar-refractivity contribution is 0.145. The minimum absolute atomic E-state index is 0. The van der Waals surface area contributed by atoms with E-state index in [9.17, 15) is 4.39 Å². The first kappa shape index (κ1) is 22.4. The van der Waals surface area contributed by atoms with Gasteiger partial charge in [0.25, 0.3) is 0 Å². The molecule has 0 aliphatic carbocycles. The van der Waals surface area contributed by atoms with E-state index < -0.39 is 0 Å². The topological polar surface area (TPSA) is 63.5 Å². The smallest absolute Gasteiger partial charge is 0.190 e. The zero-order valence-electron chi connectivity index (χ0n) is 15.2. The quantitative estimate of drug-likeness (QED) is 0.254. The van der Waals surface area contributed by atoms with Crippen LogP contribution in [-0.4, -0.2) is 49.1 Å². The average molecular weight is 475 g/mol. The normalized spacial score (nSPS) is 11.1. The zero-order chi connectivity index (χ0) is 17.9. The molecule has 1 aromatic carbocycles. The molecule has 2 aromatic rings. The maximum atomic E-state index is 13.0. The summed E-state index contributed by atoms with van der Waals surface area (Å²) >= 11 is 0. The summed E-state index contributed by atoms with van der Waals surface area (Å²) in [6.07, 6.45) is 3.59. The molecule has 0 saturated heterocycles. The maximum absolute atomic E-state index is 13.0. The Morgan fingerprint density at radius 3 is 2.62 bits per heavy atom. The minimum Gasteiger partial charge on any atom is -0.382 e. The summed E-state index contributed by atoms with van der Waals surface area (Å²) in [4.78, 5) is 4.19. The van der Waals surface area contributed by atoms with E-state index >= 15 is 0 Å². The monoisotopic (exact) mass is 475 g/mol. The molecular formula is C18H27FIN5O. The highest BCUT2D eigenvalue weighted by atomic mass is 127. The number of nitrogens with zero attached hydrogens (tertiary/aromatic N) is 3. The van der Waals surface area contributed by atoms with Crippen LogP contribution < -0.4 is 10.6 Å². The van der Waals surface area contributed by atoms with Crippen LogP contribution in [0, 0.1) is 5.82 Å². The van der Waals surface area contributed by atoms with Crippen molar-refractivity contribution >= 4 is 29.9 Å². The van der Waals surface area contributed by atoms with Crippen LogP contribution in [0.5, 0.6) is 0 Å². The summed E-state index contributed by atoms with van der Waals surface area (Å²) in [5.74, 6) is 0.523. The third kappa shape index (κ3) is 7.69. The van der Waals surface area contributed by atoms with E-state index in [4.69, 9.17) is 4.74 Å². The molecular weight excluding hydrogens is 448 g/mol. The second-order valence-corrected chi connectivity index (χ2v) is 5.45. The lowest BCUT2D eigenvalue weighted by atomic mass is 10.3. The SMILES string of the molecule is CCOCCCNC(=NC)NCCc1ccn(-c2ccc(F)cc2)n1.I. The highest BCUT2D eigenvalue weighted by Crippen LogP contribution is 2.09. The Labute approximate surface area is 171 Å². The van der Waals surface area contributed by atoms with Gasteiger partial charge in [0, 0.05) is 46.0 Å². The van der Waals surface area contributed by atoms with Gasteiger partial charge in [-0.15, -0.1) is 24.0 Å². The molecule has 0 spiro atoms. The molecule has 1 heterocycles. The number of aromatic nitrogens is 2. The van der Waals surface area contributed by atoms with Crippen LogP contribution in [0.2, 0.25) is 0 Å². The number of hydrogen-bond donors (Lipinski definition) is 2. The van der Waals surface area contributed by atoms with Gasteiger partial charge in [-0.05, 0) is 43.7 Å². The van der Waals surface area contributed by atoms with Gasteiger partial charge in [0.05, 0.1) is 11.4 Å². The molecule has 0 amide bonds. The Hall–Kier alpha value is -1.68. The first-order valence-corrected chi connectivity index (χ1v) is 8.55. The highest BCUT2D eigenvalue weighted by molar-refractivity contribution is 14.0. The standard InChI is InChI=1S/C18H26FN5O.HI/c1-3-25-14-4-11-21-18(20-2)22-12-9-16-10-13-24(23-16)17-7-5-15(19)6-8-17;/h5-8,10,13H,3-4,9,11-12,14H2,1-2H3,(H2,20,21,22);1H. The fourth-order valence-electron chi connectivity index (χ4n) is 2.29. The van der Waals surface area contributed by atoms with Crippen LogP contribution in [-0.2, 0) is 11.2 Å². The lowest BCUT2D eigenvalue weighted by Crippen LogP contribution is -2.39. The number of rotatable bonds is 9. The molecule has 2 rings (SSSR count). The molecule has 0 saturated carbocycles. The van der Waals surface area contributed by atoms with Crippen LogP contribution in [0.25, 0.3) is 5.69 Å². The Kier molecular flexibility index (Phi) is 10.9. The molecule has 0 atom stereocenters. The number of aliphatic imine (C=N–C) groups is 1. The van der Waals surface area contributed by atoms with Crippen LogP contribution in [0.3, 0.4) is 0 Å². The van der Waals surface area contributed by atoms with Gasteiger partial charge in [0.2, 0.25) is 0 Å². The third-order valence-corrected chi connectivity index (χ3v) is 3.59. The van der Waals surface area contributed by atoms with E-state index in [-0.39, 0.29) is 29.8 Å². The zero-order valence-corrected chi connectivity index (χ0v) is 17.6. The maximum Gasteiger partial charge on any atom is 0.190 e. The van der Waals surface area contributed by atoms with E-state index in [0.29, 0.717) is 0 Å². The summed E-state index contributed by atoms with van der Waals surface area (Å²) in [6, 6.07) is 8.24. The number of benzene rings is 1. The van der Waals surface area contributed by atoms with Crippen molar-refractivity contribution in [3.05, 3.63) is 48.0 Å². The van der Waals surface area contributed by atoms with Crippen molar-refractivity contribution in [2.75, 3.05) is 33.4 Å². The summed E-state index contributed by atoms with van der Waals surface area (Å²) in [5.41, 5.74) is 1.80. The van der Waals surface area contributed by atoms with Crippen LogP contribution in [0.1, 0.15) is 19.0 Å². The summed E-state index contributed by atoms with van der Waals surface area (Å²) in [5, 5.41) is 11.0. The molecule has 0 radical (unpaired) electrons. The average Bonchev–Trinajstić information content (AvgIpc) is 3.09. The second-order valence-electron chi connectivity index (χ2n) is 5.45. The second kappa shape index (κ2) is 12.6. The number of hydrogen-bond acceptors (Lipinski definition) is 3. The van der Waals surface area contributed by atoms with Crippen molar-refractivity contribution in [2.45, 2.75) is 19.8 Å². The van der Waals surface area contributed by atoms with Crippen molar-refractivity contribution in [1.29, 1.82) is 0 Å². The first-order chi connectivity index (χ1) is 12.2. The molecule has 26 heavy (non-hydrogen) atoms. The van der Waals surface area contributed by atoms with Gasteiger partial charge in [0.15, 0.2) is 5.96 Å². The number of nitrogens with one attached hydrogen (secondary N) is 2. The Morgan fingerprint density at radius 2 is 1.92 bits per heavy atom. The van der Waals surface area contributed by atoms with E-state index in [0.717, 1.165) is 56.5 Å². The summed E-state index contributed by atoms with van der Waals surface area (Å²) < 4.78 is 20.0. The molecule has 8 heteroatoms. The van der Waals surface area contributed by atoms with E-state index in [2.05, 4.69) is 20.7 Å². The Bertz CT molecular complexity index is 660. The lowest BCUT2D eigenvalue weighted by Gasteiger charge is -2.11. The molecule has 0 unspecified atom stereocenters. The van der Waals surface area contributed by atoms with E-state index in [1.54, 1.807) is 23.9 Å². The fraction of sp³-hybridized carbons (Fsp3) is 0.444. The molecule has 6 nitrogen and oxygen atoms in total. The Morgan fingerprint density at radius 1 is 1.19 bits per heavy atom. The fourth-order valence-corrected chi connectivity index (χ4v) is 2.29. The minimum atomic E-state index is -0.250. The van der Waals surface area contributed by atoms with Gasteiger partial charge in [-0.2, -0.15) is 5.10 Å². The van der Waals surface area contributed by atoms with E-state index in [1.807, 2.05) is 19.2 Å². The van der Waals surface area contributed by atoms with Crippen molar-refractivity contribution in [1.82, 2.24) is 20.4 Å².